The highest BCUT2D eigenvalue weighted by Crippen LogP contribution is 2.22. The van der Waals surface area contributed by atoms with Crippen molar-refractivity contribution in [3.63, 3.8) is 0 Å². The van der Waals surface area contributed by atoms with Crippen molar-refractivity contribution in [2.75, 3.05) is 0 Å². The molecule has 2 aromatic carbocycles. The Morgan fingerprint density at radius 2 is 2.05 bits per heavy atom. The van der Waals surface area contributed by atoms with Crippen molar-refractivity contribution >= 4 is 35.6 Å². The molecule has 0 spiro atoms. The number of halogens is 2. The van der Waals surface area contributed by atoms with Gasteiger partial charge >= 0.3 is 0 Å². The summed E-state index contributed by atoms with van der Waals surface area (Å²) in [5, 5.41) is 0.300. The molecule has 0 aliphatic carbocycles. The van der Waals surface area contributed by atoms with Crippen LogP contribution < -0.4 is 5.90 Å². The normalized spacial score (nSPS) is 11.2. The standard InChI is InChI=1S/C16H13ClFN3O/c1-11(21-10-22-19)12-4-2-5-13(8-12)20-9-14-15(17)6-3-7-16(14)18/h2-10H,1,19H2. The summed E-state index contributed by atoms with van der Waals surface area (Å²) in [5.41, 5.74) is 2.05. The van der Waals surface area contributed by atoms with Crippen molar-refractivity contribution in [2.24, 2.45) is 15.9 Å². The molecular formula is C16H13ClFN3O. The van der Waals surface area contributed by atoms with Crippen LogP contribution in [0.5, 0.6) is 0 Å². The van der Waals surface area contributed by atoms with Crippen LogP contribution in [0.15, 0.2) is 59.0 Å². The Bertz CT molecular complexity index is 724. The maximum atomic E-state index is 13.7. The van der Waals surface area contributed by atoms with E-state index in [9.17, 15) is 4.39 Å². The Labute approximate surface area is 132 Å². The van der Waals surface area contributed by atoms with E-state index in [1.165, 1.54) is 18.3 Å². The van der Waals surface area contributed by atoms with Crippen LogP contribution in [0.1, 0.15) is 11.1 Å². The molecule has 2 N–H and O–H groups in total. The summed E-state index contributed by atoms with van der Waals surface area (Å²) in [6, 6.07) is 11.6. The fourth-order valence-electron chi connectivity index (χ4n) is 1.71. The third-order valence-electron chi connectivity index (χ3n) is 2.79. The van der Waals surface area contributed by atoms with Gasteiger partial charge in [-0.15, -0.1) is 0 Å². The Kier molecular flexibility index (Phi) is 5.41. The second-order valence-corrected chi connectivity index (χ2v) is 4.67. The highest BCUT2D eigenvalue weighted by atomic mass is 35.5. The quantitative estimate of drug-likeness (QED) is 0.512. The Hall–Kier alpha value is -2.50. The summed E-state index contributed by atoms with van der Waals surface area (Å²) in [6.45, 7) is 3.78. The molecule has 0 unspecified atom stereocenters. The fourth-order valence-corrected chi connectivity index (χ4v) is 1.92. The smallest absolute Gasteiger partial charge is 0.201 e. The maximum absolute atomic E-state index is 13.7. The lowest BCUT2D eigenvalue weighted by Crippen LogP contribution is -1.94. The molecule has 0 radical (unpaired) electrons. The summed E-state index contributed by atoms with van der Waals surface area (Å²) in [7, 11) is 0. The van der Waals surface area contributed by atoms with Gasteiger partial charge in [0.2, 0.25) is 6.40 Å². The monoisotopic (exact) mass is 317 g/mol. The van der Waals surface area contributed by atoms with E-state index in [4.69, 9.17) is 17.5 Å². The van der Waals surface area contributed by atoms with Crippen molar-refractivity contribution in [2.45, 2.75) is 0 Å². The first-order chi connectivity index (χ1) is 10.6. The van der Waals surface area contributed by atoms with E-state index in [1.54, 1.807) is 24.3 Å². The Balaban J connectivity index is 2.25. The van der Waals surface area contributed by atoms with Crippen LogP contribution in [-0.4, -0.2) is 12.6 Å². The van der Waals surface area contributed by atoms with Gasteiger partial charge in [-0.3, -0.25) is 4.99 Å². The molecule has 0 fully saturated rings. The zero-order chi connectivity index (χ0) is 15.9. The van der Waals surface area contributed by atoms with E-state index in [0.717, 1.165) is 12.0 Å². The Morgan fingerprint density at radius 1 is 1.27 bits per heavy atom. The van der Waals surface area contributed by atoms with Gasteiger partial charge < -0.3 is 4.84 Å². The summed E-state index contributed by atoms with van der Waals surface area (Å²) >= 11 is 5.94. The number of benzene rings is 2. The first-order valence-electron chi connectivity index (χ1n) is 6.27. The van der Waals surface area contributed by atoms with Crippen LogP contribution in [0.2, 0.25) is 5.02 Å². The SMILES string of the molecule is C=C(N=CON)c1cccc(N=Cc2c(F)cccc2Cl)c1. The van der Waals surface area contributed by atoms with Crippen molar-refractivity contribution in [3.8, 4) is 0 Å². The number of nitrogens with two attached hydrogens (primary N) is 1. The van der Waals surface area contributed by atoms with Gasteiger partial charge in [-0.05, 0) is 24.3 Å². The van der Waals surface area contributed by atoms with Gasteiger partial charge in [-0.25, -0.2) is 9.38 Å². The lowest BCUT2D eigenvalue weighted by molar-refractivity contribution is 0.338. The maximum Gasteiger partial charge on any atom is 0.201 e. The van der Waals surface area contributed by atoms with Gasteiger partial charge in [0, 0.05) is 17.3 Å². The third kappa shape index (κ3) is 4.00. The van der Waals surface area contributed by atoms with Crippen LogP contribution >= 0.6 is 11.6 Å². The van der Waals surface area contributed by atoms with E-state index in [1.807, 2.05) is 6.07 Å². The molecule has 0 aliphatic rings. The molecule has 0 bridgehead atoms. The summed E-state index contributed by atoms with van der Waals surface area (Å²) < 4.78 is 13.7. The van der Waals surface area contributed by atoms with Gasteiger partial charge in [0.05, 0.1) is 16.4 Å². The van der Waals surface area contributed by atoms with Crippen molar-refractivity contribution in [3.05, 3.63) is 71.0 Å². The van der Waals surface area contributed by atoms with E-state index in [0.29, 0.717) is 16.4 Å². The first-order valence-corrected chi connectivity index (χ1v) is 6.65. The van der Waals surface area contributed by atoms with E-state index in [-0.39, 0.29) is 5.56 Å². The summed E-state index contributed by atoms with van der Waals surface area (Å²) in [5.74, 6) is 4.43. The van der Waals surface area contributed by atoms with Gasteiger partial charge in [-0.2, -0.15) is 5.90 Å². The molecule has 4 nitrogen and oxygen atoms in total. The van der Waals surface area contributed by atoms with Gasteiger partial charge in [0.25, 0.3) is 0 Å². The highest BCUT2D eigenvalue weighted by molar-refractivity contribution is 6.33. The Morgan fingerprint density at radius 3 is 2.77 bits per heavy atom. The van der Waals surface area contributed by atoms with Gasteiger partial charge in [0.1, 0.15) is 5.82 Å². The summed E-state index contributed by atoms with van der Waals surface area (Å²) in [6.07, 6.45) is 2.46. The second kappa shape index (κ2) is 7.49. The molecule has 0 amide bonds. The molecular weight excluding hydrogens is 305 g/mol. The molecule has 0 aliphatic heterocycles. The molecule has 0 saturated carbocycles. The molecule has 0 saturated heterocycles. The minimum Gasteiger partial charge on any atom is -0.399 e. The molecule has 0 heterocycles. The number of rotatable bonds is 5. The molecule has 2 rings (SSSR count). The van der Waals surface area contributed by atoms with Crippen LogP contribution in [0.25, 0.3) is 5.70 Å². The minimum atomic E-state index is -0.429. The highest BCUT2D eigenvalue weighted by Gasteiger charge is 2.04. The largest absolute Gasteiger partial charge is 0.399 e. The average molecular weight is 318 g/mol. The predicted octanol–water partition coefficient (Wildman–Crippen LogP) is 4.12. The second-order valence-electron chi connectivity index (χ2n) is 4.26. The zero-order valence-corrected chi connectivity index (χ0v) is 12.3. The molecule has 0 atom stereocenters. The zero-order valence-electron chi connectivity index (χ0n) is 11.5. The van der Waals surface area contributed by atoms with E-state index in [2.05, 4.69) is 21.4 Å². The first kappa shape index (κ1) is 15.9. The minimum absolute atomic E-state index is 0.239. The molecule has 0 aromatic heterocycles. The van der Waals surface area contributed by atoms with Crippen molar-refractivity contribution in [1.82, 2.24) is 0 Å². The van der Waals surface area contributed by atoms with Crippen LogP contribution in [0.4, 0.5) is 10.1 Å². The molecule has 2 aromatic rings. The fraction of sp³-hybridized carbons (Fsp3) is 0. The van der Waals surface area contributed by atoms with Crippen LogP contribution in [-0.2, 0) is 4.84 Å². The predicted molar refractivity (Wildman–Crippen MR) is 87.9 cm³/mol. The lowest BCUT2D eigenvalue weighted by atomic mass is 10.1. The van der Waals surface area contributed by atoms with E-state index < -0.39 is 5.82 Å². The summed E-state index contributed by atoms with van der Waals surface area (Å²) in [4.78, 5) is 12.4. The van der Waals surface area contributed by atoms with Crippen molar-refractivity contribution in [1.29, 1.82) is 0 Å². The van der Waals surface area contributed by atoms with Crippen molar-refractivity contribution < 1.29 is 9.23 Å². The van der Waals surface area contributed by atoms with Gasteiger partial charge in [0.15, 0.2) is 0 Å². The molecule has 22 heavy (non-hydrogen) atoms. The molecule has 6 heteroatoms. The van der Waals surface area contributed by atoms with E-state index >= 15 is 0 Å². The number of hydrogen-bond acceptors (Lipinski definition) is 4. The number of aliphatic imine (C=N–C) groups is 2. The van der Waals surface area contributed by atoms with Gasteiger partial charge in [-0.1, -0.05) is 36.4 Å². The number of hydrogen-bond donors (Lipinski definition) is 1. The lowest BCUT2D eigenvalue weighted by Gasteiger charge is -2.02. The average Bonchev–Trinajstić information content (AvgIpc) is 2.52. The molecule has 112 valence electrons. The number of nitrogens with zero attached hydrogens (tertiary/aromatic N) is 2. The third-order valence-corrected chi connectivity index (χ3v) is 3.12. The van der Waals surface area contributed by atoms with Crippen LogP contribution in [0.3, 0.4) is 0 Å². The topological polar surface area (TPSA) is 60.0 Å². The van der Waals surface area contributed by atoms with Crippen LogP contribution in [0, 0.1) is 5.82 Å².